The van der Waals surface area contributed by atoms with Gasteiger partial charge in [-0.05, 0) is 38.7 Å². The van der Waals surface area contributed by atoms with Crippen molar-refractivity contribution in [3.8, 4) is 0 Å². The molecule has 25 heavy (non-hydrogen) atoms. The van der Waals surface area contributed by atoms with Crippen molar-refractivity contribution < 1.29 is 5.11 Å². The highest BCUT2D eigenvalue weighted by molar-refractivity contribution is 8.00. The summed E-state index contributed by atoms with van der Waals surface area (Å²) in [5, 5.41) is 11.4. The van der Waals surface area contributed by atoms with E-state index in [1.807, 2.05) is 37.3 Å². The highest BCUT2D eigenvalue weighted by Crippen LogP contribution is 2.44. The van der Waals surface area contributed by atoms with Crippen LogP contribution >= 0.6 is 24.2 Å². The lowest BCUT2D eigenvalue weighted by atomic mass is 9.91. The second-order valence-corrected chi connectivity index (χ2v) is 8.08. The fourth-order valence-corrected chi connectivity index (χ4v) is 4.50. The number of fused-ring (bicyclic) bond motifs is 1. The van der Waals surface area contributed by atoms with Gasteiger partial charge >= 0.3 is 0 Å². The van der Waals surface area contributed by atoms with Crippen molar-refractivity contribution >= 4 is 29.9 Å². The third-order valence-corrected chi connectivity index (χ3v) is 6.16. The Morgan fingerprint density at radius 2 is 1.76 bits per heavy atom. The lowest BCUT2D eigenvalue weighted by Crippen LogP contribution is -2.47. The van der Waals surface area contributed by atoms with Gasteiger partial charge in [0.25, 0.3) is 0 Å². The van der Waals surface area contributed by atoms with E-state index in [0.29, 0.717) is 0 Å². The molecule has 0 saturated carbocycles. The molecule has 0 aromatic heterocycles. The van der Waals surface area contributed by atoms with E-state index in [1.54, 1.807) is 11.8 Å². The number of aliphatic hydroxyl groups is 1. The Labute approximate surface area is 161 Å². The highest BCUT2D eigenvalue weighted by atomic mass is 35.5. The quantitative estimate of drug-likeness (QED) is 0.854. The third-order valence-electron chi connectivity index (χ3n) is 4.66. The van der Waals surface area contributed by atoms with Crippen molar-refractivity contribution in [3.63, 3.8) is 0 Å². The lowest BCUT2D eigenvalue weighted by molar-refractivity contribution is 0.0556. The first kappa shape index (κ1) is 20.1. The van der Waals surface area contributed by atoms with Gasteiger partial charge in [-0.2, -0.15) is 0 Å². The van der Waals surface area contributed by atoms with E-state index in [0.717, 1.165) is 25.2 Å². The molecule has 0 aliphatic carbocycles. The third kappa shape index (κ3) is 4.50. The number of thioether (sulfide) groups is 1. The van der Waals surface area contributed by atoms with Crippen molar-refractivity contribution in [2.75, 3.05) is 38.6 Å². The minimum Gasteiger partial charge on any atom is -0.384 e. The Bertz CT molecular complexity index is 678. The average Bonchev–Trinajstić information content (AvgIpc) is 2.60. The fourth-order valence-electron chi connectivity index (χ4n) is 3.09. The molecule has 3 rings (SSSR count). The summed E-state index contributed by atoms with van der Waals surface area (Å²) in [6, 6.07) is 18.5. The molecule has 0 spiro atoms. The molecule has 2 aromatic carbocycles. The van der Waals surface area contributed by atoms with E-state index in [4.69, 9.17) is 0 Å². The standard InChI is InChI=1S/C20H26N2OS.ClH/c1-20(23,16-9-5-4-6-10-16)19-15-22(14-13-21(2)3)17-11-7-8-12-18(17)24-19;/h4-12,19,23H,13-15H2,1-3H3;1H. The van der Waals surface area contributed by atoms with Crippen LogP contribution in [0.2, 0.25) is 0 Å². The van der Waals surface area contributed by atoms with Gasteiger partial charge in [-0.1, -0.05) is 42.5 Å². The van der Waals surface area contributed by atoms with Gasteiger partial charge in [-0.15, -0.1) is 24.2 Å². The Kier molecular flexibility index (Phi) is 6.80. The summed E-state index contributed by atoms with van der Waals surface area (Å²) < 4.78 is 0. The number of likely N-dealkylation sites (N-methyl/N-ethyl adjacent to an activating group) is 1. The van der Waals surface area contributed by atoms with E-state index >= 15 is 0 Å². The SMILES string of the molecule is CN(C)CCN1CC(C(C)(O)c2ccccc2)Sc2ccccc21.Cl. The van der Waals surface area contributed by atoms with Gasteiger partial charge in [0.1, 0.15) is 5.60 Å². The molecule has 0 amide bonds. The van der Waals surface area contributed by atoms with Crippen LogP contribution in [0.25, 0.3) is 0 Å². The number of rotatable bonds is 5. The van der Waals surface area contributed by atoms with Crippen molar-refractivity contribution in [3.05, 3.63) is 60.2 Å². The highest BCUT2D eigenvalue weighted by Gasteiger charge is 2.38. The van der Waals surface area contributed by atoms with Gasteiger partial charge in [0.05, 0.1) is 10.9 Å². The minimum atomic E-state index is -0.865. The van der Waals surface area contributed by atoms with Crippen LogP contribution in [0.15, 0.2) is 59.5 Å². The fraction of sp³-hybridized carbons (Fsp3) is 0.400. The molecule has 1 aliphatic heterocycles. The monoisotopic (exact) mass is 378 g/mol. The summed E-state index contributed by atoms with van der Waals surface area (Å²) in [6.07, 6.45) is 0. The van der Waals surface area contributed by atoms with E-state index in [2.05, 4.69) is 48.2 Å². The molecule has 1 aliphatic rings. The predicted octanol–water partition coefficient (Wildman–Crippen LogP) is 3.86. The molecule has 2 unspecified atom stereocenters. The zero-order valence-electron chi connectivity index (χ0n) is 15.1. The number of hydrogen-bond donors (Lipinski definition) is 1. The average molecular weight is 379 g/mol. The first-order chi connectivity index (χ1) is 11.5. The summed E-state index contributed by atoms with van der Waals surface area (Å²) in [5.41, 5.74) is 1.40. The Morgan fingerprint density at radius 1 is 1.12 bits per heavy atom. The van der Waals surface area contributed by atoms with Crippen LogP contribution in [0.3, 0.4) is 0 Å². The molecule has 0 bridgehead atoms. The summed E-state index contributed by atoms with van der Waals surface area (Å²) in [7, 11) is 4.20. The van der Waals surface area contributed by atoms with Gasteiger partial charge in [-0.25, -0.2) is 0 Å². The number of para-hydroxylation sites is 1. The van der Waals surface area contributed by atoms with Crippen LogP contribution in [0.5, 0.6) is 0 Å². The van der Waals surface area contributed by atoms with Crippen molar-refractivity contribution in [2.45, 2.75) is 22.7 Å². The molecule has 0 saturated heterocycles. The number of halogens is 1. The summed E-state index contributed by atoms with van der Waals surface area (Å²) >= 11 is 1.79. The molecule has 1 N–H and O–H groups in total. The Hall–Kier alpha value is -1.20. The van der Waals surface area contributed by atoms with Crippen LogP contribution in [0, 0.1) is 0 Å². The molecule has 0 fully saturated rings. The van der Waals surface area contributed by atoms with Crippen LogP contribution in [0.4, 0.5) is 5.69 Å². The number of nitrogens with zero attached hydrogens (tertiary/aromatic N) is 2. The molecule has 5 heteroatoms. The summed E-state index contributed by atoms with van der Waals surface area (Å²) in [4.78, 5) is 5.87. The van der Waals surface area contributed by atoms with Crippen LogP contribution in [-0.4, -0.2) is 49.0 Å². The van der Waals surface area contributed by atoms with Gasteiger partial charge < -0.3 is 14.9 Å². The van der Waals surface area contributed by atoms with Crippen LogP contribution < -0.4 is 4.90 Å². The summed E-state index contributed by atoms with van der Waals surface area (Å²) in [5.74, 6) is 0. The lowest BCUT2D eigenvalue weighted by Gasteiger charge is -2.42. The molecular weight excluding hydrogens is 352 g/mol. The minimum absolute atomic E-state index is 0. The molecule has 3 nitrogen and oxygen atoms in total. The number of hydrogen-bond acceptors (Lipinski definition) is 4. The first-order valence-electron chi connectivity index (χ1n) is 8.42. The molecule has 2 atom stereocenters. The van der Waals surface area contributed by atoms with Crippen LogP contribution in [-0.2, 0) is 5.60 Å². The van der Waals surface area contributed by atoms with Crippen molar-refractivity contribution in [1.29, 1.82) is 0 Å². The van der Waals surface area contributed by atoms with Gasteiger partial charge in [0.15, 0.2) is 0 Å². The molecule has 2 aromatic rings. The normalized spacial score (nSPS) is 19.1. The maximum absolute atomic E-state index is 11.3. The number of benzene rings is 2. The Morgan fingerprint density at radius 3 is 2.44 bits per heavy atom. The van der Waals surface area contributed by atoms with Crippen molar-refractivity contribution in [2.24, 2.45) is 0 Å². The van der Waals surface area contributed by atoms with E-state index < -0.39 is 5.60 Å². The predicted molar refractivity (Wildman–Crippen MR) is 110 cm³/mol. The zero-order valence-corrected chi connectivity index (χ0v) is 16.7. The first-order valence-corrected chi connectivity index (χ1v) is 9.29. The van der Waals surface area contributed by atoms with Crippen LogP contribution in [0.1, 0.15) is 12.5 Å². The second kappa shape index (κ2) is 8.45. The second-order valence-electron chi connectivity index (χ2n) is 6.84. The van der Waals surface area contributed by atoms with E-state index in [-0.39, 0.29) is 17.7 Å². The topological polar surface area (TPSA) is 26.7 Å². The largest absolute Gasteiger partial charge is 0.384 e. The molecule has 136 valence electrons. The number of anilines is 1. The maximum atomic E-state index is 11.3. The summed E-state index contributed by atoms with van der Waals surface area (Å²) in [6.45, 7) is 4.75. The van der Waals surface area contributed by atoms with E-state index in [9.17, 15) is 5.11 Å². The zero-order chi connectivity index (χ0) is 17.2. The van der Waals surface area contributed by atoms with Gasteiger partial charge in [0, 0.05) is 24.5 Å². The molecular formula is C20H27ClN2OS. The molecule has 0 radical (unpaired) electrons. The van der Waals surface area contributed by atoms with Gasteiger partial charge in [0.2, 0.25) is 0 Å². The Balaban J connectivity index is 0.00000225. The molecule has 1 heterocycles. The van der Waals surface area contributed by atoms with Gasteiger partial charge in [-0.3, -0.25) is 0 Å². The maximum Gasteiger partial charge on any atom is 0.101 e. The smallest absolute Gasteiger partial charge is 0.101 e. The van der Waals surface area contributed by atoms with Crippen molar-refractivity contribution in [1.82, 2.24) is 4.90 Å². The van der Waals surface area contributed by atoms with E-state index in [1.165, 1.54) is 10.6 Å².